The molecule has 11 heteroatoms. The normalized spacial score (nSPS) is 22.2. The Morgan fingerprint density at radius 2 is 1.67 bits per heavy atom. The molecule has 0 radical (unpaired) electrons. The molecule has 176 valence electrons. The predicted octanol–water partition coefficient (Wildman–Crippen LogP) is 3.79. The summed E-state index contributed by atoms with van der Waals surface area (Å²) in [5.41, 5.74) is 0.332. The van der Waals surface area contributed by atoms with Crippen molar-refractivity contribution >= 4 is 41.3 Å². The van der Waals surface area contributed by atoms with Crippen LogP contribution in [-0.2, 0) is 28.6 Å². The van der Waals surface area contributed by atoms with Crippen molar-refractivity contribution in [1.82, 2.24) is 4.98 Å². The second-order valence-electron chi connectivity index (χ2n) is 7.15. The molecule has 2 aromatic rings. The molecule has 1 aromatic heterocycles. The van der Waals surface area contributed by atoms with Gasteiger partial charge in [0.1, 0.15) is 11.6 Å². The summed E-state index contributed by atoms with van der Waals surface area (Å²) in [6.07, 6.45) is 0.0349. The summed E-state index contributed by atoms with van der Waals surface area (Å²) in [5.74, 6) is -1.74. The lowest BCUT2D eigenvalue weighted by atomic mass is 10.1. The van der Waals surface area contributed by atoms with Gasteiger partial charge in [-0.2, -0.15) is 0 Å². The van der Waals surface area contributed by atoms with Gasteiger partial charge in [0.2, 0.25) is 0 Å². The quantitative estimate of drug-likeness (QED) is 0.435. The molecule has 3 rings (SSSR count). The maximum atomic E-state index is 13.4. The van der Waals surface area contributed by atoms with Gasteiger partial charge in [0.15, 0.2) is 23.7 Å². The van der Waals surface area contributed by atoms with Crippen LogP contribution in [0.2, 0.25) is 5.02 Å². The van der Waals surface area contributed by atoms with Gasteiger partial charge in [-0.1, -0.05) is 11.6 Å². The number of aromatic nitrogens is 1. The van der Waals surface area contributed by atoms with Crippen LogP contribution in [0.25, 0.3) is 11.1 Å². The second-order valence-corrected chi connectivity index (χ2v) is 8.69. The summed E-state index contributed by atoms with van der Waals surface area (Å²) in [6.45, 7) is 3.64. The fourth-order valence-electron chi connectivity index (χ4n) is 3.30. The number of halogens is 2. The topological polar surface area (TPSA) is 101 Å². The van der Waals surface area contributed by atoms with Gasteiger partial charge in [0, 0.05) is 43.8 Å². The number of hydrogen-bond acceptors (Lipinski definition) is 9. The molecule has 1 fully saturated rings. The van der Waals surface area contributed by atoms with E-state index in [1.807, 2.05) is 0 Å². The Labute approximate surface area is 198 Å². The van der Waals surface area contributed by atoms with Crippen molar-refractivity contribution < 1.29 is 37.7 Å². The lowest BCUT2D eigenvalue weighted by Gasteiger charge is -2.39. The van der Waals surface area contributed by atoms with Crippen LogP contribution in [-0.4, -0.2) is 52.4 Å². The maximum Gasteiger partial charge on any atom is 0.303 e. The van der Waals surface area contributed by atoms with Gasteiger partial charge in [0.05, 0.1) is 11.2 Å². The molecule has 0 amide bonds. The van der Waals surface area contributed by atoms with E-state index in [0.29, 0.717) is 16.9 Å². The molecule has 0 aliphatic carbocycles. The lowest BCUT2D eigenvalue weighted by molar-refractivity contribution is -0.186. The highest BCUT2D eigenvalue weighted by Gasteiger charge is 2.47. The highest BCUT2D eigenvalue weighted by Crippen LogP contribution is 2.36. The van der Waals surface area contributed by atoms with Gasteiger partial charge < -0.3 is 18.9 Å². The highest BCUT2D eigenvalue weighted by atomic mass is 35.5. The molecule has 33 heavy (non-hydrogen) atoms. The number of carbonyl (C=O) groups excluding carboxylic acids is 3. The van der Waals surface area contributed by atoms with Gasteiger partial charge in [-0.05, 0) is 24.3 Å². The van der Waals surface area contributed by atoms with Crippen LogP contribution in [0.3, 0.4) is 0 Å². The molecule has 0 bridgehead atoms. The summed E-state index contributed by atoms with van der Waals surface area (Å²) in [7, 11) is 0. The van der Waals surface area contributed by atoms with E-state index in [1.165, 1.54) is 56.9 Å². The maximum absolute atomic E-state index is 13.4. The molecule has 1 aliphatic heterocycles. The van der Waals surface area contributed by atoms with E-state index in [1.54, 1.807) is 12.3 Å². The number of benzene rings is 1. The largest absolute Gasteiger partial charge is 0.474 e. The van der Waals surface area contributed by atoms with Crippen molar-refractivity contribution in [2.75, 3.05) is 5.75 Å². The summed E-state index contributed by atoms with van der Waals surface area (Å²) in [5, 5.41) is 0.206. The average molecular weight is 498 g/mol. The average Bonchev–Trinajstić information content (AvgIpc) is 2.71. The number of carbonyl (C=O) groups is 3. The molecule has 8 nitrogen and oxygen atoms in total. The van der Waals surface area contributed by atoms with Crippen LogP contribution in [0.4, 0.5) is 4.39 Å². The molecule has 1 aromatic carbocycles. The van der Waals surface area contributed by atoms with Gasteiger partial charge in [-0.3, -0.25) is 19.4 Å². The number of esters is 3. The Balaban J connectivity index is 1.88. The van der Waals surface area contributed by atoms with Crippen molar-refractivity contribution in [3.8, 4) is 16.9 Å². The minimum Gasteiger partial charge on any atom is -0.474 e. The Hall–Kier alpha value is -2.85. The Bertz CT molecular complexity index is 1050. The van der Waals surface area contributed by atoms with E-state index in [0.717, 1.165) is 0 Å². The minimum absolute atomic E-state index is 0.206. The van der Waals surface area contributed by atoms with Crippen LogP contribution in [0.5, 0.6) is 5.75 Å². The van der Waals surface area contributed by atoms with Gasteiger partial charge >= 0.3 is 17.9 Å². The monoisotopic (exact) mass is 497 g/mol. The summed E-state index contributed by atoms with van der Waals surface area (Å²) >= 11 is 7.38. The second kappa shape index (κ2) is 10.8. The number of nitrogens with zero attached hydrogens (tertiary/aromatic N) is 1. The molecule has 1 aliphatic rings. The van der Waals surface area contributed by atoms with Crippen molar-refractivity contribution in [3.05, 3.63) is 47.5 Å². The summed E-state index contributed by atoms with van der Waals surface area (Å²) in [4.78, 5) is 39.1. The van der Waals surface area contributed by atoms with E-state index in [4.69, 9.17) is 30.5 Å². The first-order chi connectivity index (χ1) is 15.6. The van der Waals surface area contributed by atoms with Crippen LogP contribution in [0.1, 0.15) is 20.8 Å². The van der Waals surface area contributed by atoms with E-state index in [-0.39, 0.29) is 10.8 Å². The lowest BCUT2D eigenvalue weighted by Crippen LogP contribution is -2.55. The van der Waals surface area contributed by atoms with E-state index in [9.17, 15) is 18.8 Å². The van der Waals surface area contributed by atoms with E-state index in [2.05, 4.69) is 4.98 Å². The molecule has 0 spiro atoms. The fraction of sp³-hybridized carbons (Fsp3) is 0.364. The molecule has 4 atom stereocenters. The number of ether oxygens (including phenoxy) is 4. The van der Waals surface area contributed by atoms with Crippen molar-refractivity contribution in [3.63, 3.8) is 0 Å². The summed E-state index contributed by atoms with van der Waals surface area (Å²) < 4.78 is 35.5. The molecule has 2 heterocycles. The molecule has 0 saturated carbocycles. The van der Waals surface area contributed by atoms with Gasteiger partial charge in [-0.25, -0.2) is 4.39 Å². The SMILES string of the molecule is CC(=O)O[C@@H]1[C@@H](OC(C)=O)[C@@H](Oc2cncc(-c3ccc(F)cc3Cl)c2)SC[C@H]1OC(C)=O. The molecular weight excluding hydrogens is 477 g/mol. The minimum atomic E-state index is -1.07. The third-order valence-corrected chi connectivity index (χ3v) is 6.04. The van der Waals surface area contributed by atoms with Crippen molar-refractivity contribution in [2.24, 2.45) is 0 Å². The molecule has 1 saturated heterocycles. The third-order valence-electron chi connectivity index (χ3n) is 4.51. The van der Waals surface area contributed by atoms with E-state index < -0.39 is 47.5 Å². The van der Waals surface area contributed by atoms with Crippen molar-refractivity contribution in [2.45, 2.75) is 44.5 Å². The number of thioether (sulfide) groups is 1. The first-order valence-corrected chi connectivity index (χ1v) is 11.3. The van der Waals surface area contributed by atoms with Gasteiger partial charge in [0.25, 0.3) is 0 Å². The molecule has 0 N–H and O–H groups in total. The Kier molecular flexibility index (Phi) is 8.15. The van der Waals surface area contributed by atoms with Crippen LogP contribution in [0.15, 0.2) is 36.7 Å². The standard InChI is InChI=1S/C22H21ClFNO7S/c1-11(26)29-19-10-33-22(21(31-13(3)28)20(19)30-12(2)27)32-16-6-14(8-25-9-16)17-5-4-15(24)7-18(17)23/h4-9,19-22H,10H2,1-3H3/t19-,20+,21-,22+/m1/s1. The fourth-order valence-corrected chi connectivity index (χ4v) is 4.79. The first-order valence-electron chi connectivity index (χ1n) is 9.84. The van der Waals surface area contributed by atoms with Gasteiger partial charge in [-0.15, -0.1) is 11.8 Å². The first kappa shape index (κ1) is 24.8. The molecule has 0 unspecified atom stereocenters. The van der Waals surface area contributed by atoms with E-state index >= 15 is 0 Å². The number of pyridine rings is 1. The zero-order chi connectivity index (χ0) is 24.1. The zero-order valence-corrected chi connectivity index (χ0v) is 19.5. The number of rotatable bonds is 6. The molecular formula is C22H21ClFNO7S. The highest BCUT2D eigenvalue weighted by molar-refractivity contribution is 7.99. The van der Waals surface area contributed by atoms with Crippen molar-refractivity contribution in [1.29, 1.82) is 0 Å². The van der Waals surface area contributed by atoms with Crippen LogP contribution < -0.4 is 4.74 Å². The number of hydrogen-bond donors (Lipinski definition) is 0. The van der Waals surface area contributed by atoms with Crippen LogP contribution in [0, 0.1) is 5.82 Å². The Morgan fingerprint density at radius 3 is 2.30 bits per heavy atom. The summed E-state index contributed by atoms with van der Waals surface area (Å²) in [6, 6.07) is 5.64. The van der Waals surface area contributed by atoms with Crippen LogP contribution >= 0.6 is 23.4 Å². The zero-order valence-electron chi connectivity index (χ0n) is 17.9. The predicted molar refractivity (Wildman–Crippen MR) is 118 cm³/mol. The smallest absolute Gasteiger partial charge is 0.303 e. The third kappa shape index (κ3) is 6.58. The Morgan fingerprint density at radius 1 is 1.00 bits per heavy atom.